The summed E-state index contributed by atoms with van der Waals surface area (Å²) in [6.45, 7) is 1.78. The summed E-state index contributed by atoms with van der Waals surface area (Å²) in [6, 6.07) is 13.1. The fraction of sp³-hybridized carbons (Fsp3) is 0.350. The maximum Gasteiger partial charge on any atom is 0.293 e. The van der Waals surface area contributed by atoms with Gasteiger partial charge < -0.3 is 15.1 Å². The van der Waals surface area contributed by atoms with Crippen LogP contribution >= 0.6 is 0 Å². The SMILES string of the molecule is CN1CCN(C(=O)c2ccc(NC3CC3)c([N+](=O)[O-])c2)Cc2ccccc21. The zero-order valence-corrected chi connectivity index (χ0v) is 15.2. The first-order valence-corrected chi connectivity index (χ1v) is 9.16. The molecule has 0 bridgehead atoms. The molecule has 0 saturated heterocycles. The molecule has 0 unspecified atom stereocenters. The van der Waals surface area contributed by atoms with Gasteiger partial charge in [0.1, 0.15) is 5.69 Å². The molecule has 2 aliphatic rings. The molecule has 1 aliphatic carbocycles. The van der Waals surface area contributed by atoms with Crippen LogP contribution in [-0.4, -0.2) is 41.9 Å². The Bertz CT molecular complexity index is 895. The normalized spacial score (nSPS) is 16.5. The van der Waals surface area contributed by atoms with Gasteiger partial charge >= 0.3 is 0 Å². The molecule has 0 atom stereocenters. The van der Waals surface area contributed by atoms with Crippen LogP contribution in [0.4, 0.5) is 17.1 Å². The first-order valence-electron chi connectivity index (χ1n) is 9.16. The smallest absolute Gasteiger partial charge is 0.293 e. The average Bonchev–Trinajstić information content (AvgIpc) is 3.49. The van der Waals surface area contributed by atoms with E-state index < -0.39 is 4.92 Å². The van der Waals surface area contributed by atoms with Gasteiger partial charge in [-0.3, -0.25) is 14.9 Å². The summed E-state index contributed by atoms with van der Waals surface area (Å²) in [4.78, 5) is 28.0. The van der Waals surface area contributed by atoms with Crippen molar-refractivity contribution in [1.29, 1.82) is 0 Å². The maximum absolute atomic E-state index is 13.1. The molecule has 1 fully saturated rings. The lowest BCUT2D eigenvalue weighted by molar-refractivity contribution is -0.384. The van der Waals surface area contributed by atoms with Crippen molar-refractivity contribution in [2.45, 2.75) is 25.4 Å². The third kappa shape index (κ3) is 3.58. The molecule has 140 valence electrons. The van der Waals surface area contributed by atoms with Crippen molar-refractivity contribution in [3.05, 3.63) is 63.7 Å². The Balaban J connectivity index is 1.60. The number of carbonyl (C=O) groups is 1. The Labute approximate surface area is 157 Å². The van der Waals surface area contributed by atoms with Crippen LogP contribution in [-0.2, 0) is 6.54 Å². The molecular formula is C20H22N4O3. The van der Waals surface area contributed by atoms with Gasteiger partial charge in [0, 0.05) is 50.0 Å². The highest BCUT2D eigenvalue weighted by Crippen LogP contribution is 2.32. The number of anilines is 2. The highest BCUT2D eigenvalue weighted by Gasteiger charge is 2.27. The van der Waals surface area contributed by atoms with Crippen molar-refractivity contribution in [1.82, 2.24) is 4.90 Å². The highest BCUT2D eigenvalue weighted by atomic mass is 16.6. The highest BCUT2D eigenvalue weighted by molar-refractivity contribution is 5.96. The van der Waals surface area contributed by atoms with E-state index in [-0.39, 0.29) is 11.6 Å². The van der Waals surface area contributed by atoms with Crippen LogP contribution in [0.15, 0.2) is 42.5 Å². The number of para-hydroxylation sites is 1. The second-order valence-corrected chi connectivity index (χ2v) is 7.18. The largest absolute Gasteiger partial charge is 0.377 e. The number of fused-ring (bicyclic) bond motifs is 1. The van der Waals surface area contributed by atoms with Gasteiger partial charge in [-0.2, -0.15) is 0 Å². The molecule has 1 N–H and O–H groups in total. The number of hydrogen-bond donors (Lipinski definition) is 1. The van der Waals surface area contributed by atoms with Crippen LogP contribution in [0.25, 0.3) is 0 Å². The molecule has 7 nitrogen and oxygen atoms in total. The number of nitrogens with zero attached hydrogens (tertiary/aromatic N) is 3. The van der Waals surface area contributed by atoms with E-state index in [0.717, 1.165) is 24.1 Å². The molecule has 1 aliphatic heterocycles. The topological polar surface area (TPSA) is 78.7 Å². The van der Waals surface area contributed by atoms with E-state index in [1.54, 1.807) is 17.0 Å². The number of nitrogens with one attached hydrogen (secondary N) is 1. The molecule has 1 amide bonds. The summed E-state index contributed by atoms with van der Waals surface area (Å²) in [5.74, 6) is -0.179. The van der Waals surface area contributed by atoms with Crippen LogP contribution in [0.5, 0.6) is 0 Å². The van der Waals surface area contributed by atoms with Crippen LogP contribution in [0.1, 0.15) is 28.8 Å². The molecule has 1 saturated carbocycles. The van der Waals surface area contributed by atoms with Crippen LogP contribution < -0.4 is 10.2 Å². The van der Waals surface area contributed by atoms with Gasteiger partial charge in [0.15, 0.2) is 0 Å². The van der Waals surface area contributed by atoms with Crippen molar-refractivity contribution >= 4 is 23.0 Å². The minimum atomic E-state index is -0.424. The summed E-state index contributed by atoms with van der Waals surface area (Å²) in [5.41, 5.74) is 2.99. The van der Waals surface area contributed by atoms with E-state index in [0.29, 0.717) is 36.9 Å². The number of likely N-dealkylation sites (N-methyl/N-ethyl adjacent to an activating group) is 1. The zero-order chi connectivity index (χ0) is 19.0. The van der Waals surface area contributed by atoms with E-state index >= 15 is 0 Å². The van der Waals surface area contributed by atoms with Crippen molar-refractivity contribution in [3.63, 3.8) is 0 Å². The molecule has 7 heteroatoms. The molecule has 1 heterocycles. The Morgan fingerprint density at radius 3 is 2.70 bits per heavy atom. The minimum absolute atomic E-state index is 0.0416. The fourth-order valence-electron chi connectivity index (χ4n) is 3.43. The maximum atomic E-state index is 13.1. The van der Waals surface area contributed by atoms with Crippen molar-refractivity contribution < 1.29 is 9.72 Å². The lowest BCUT2D eigenvalue weighted by Gasteiger charge is -2.21. The van der Waals surface area contributed by atoms with Gasteiger partial charge in [-0.15, -0.1) is 0 Å². The third-order valence-electron chi connectivity index (χ3n) is 5.13. The fourth-order valence-corrected chi connectivity index (χ4v) is 3.43. The third-order valence-corrected chi connectivity index (χ3v) is 5.13. The second kappa shape index (κ2) is 6.90. The Morgan fingerprint density at radius 2 is 1.96 bits per heavy atom. The van der Waals surface area contributed by atoms with Crippen LogP contribution in [0.2, 0.25) is 0 Å². The lowest BCUT2D eigenvalue weighted by Crippen LogP contribution is -2.34. The first kappa shape index (κ1) is 17.3. The number of hydrogen-bond acceptors (Lipinski definition) is 5. The van der Waals surface area contributed by atoms with E-state index in [1.165, 1.54) is 6.07 Å². The first-order chi connectivity index (χ1) is 13.0. The van der Waals surface area contributed by atoms with Crippen LogP contribution in [0.3, 0.4) is 0 Å². The number of nitro benzene ring substituents is 1. The van der Waals surface area contributed by atoms with Gasteiger partial charge in [-0.05, 0) is 36.6 Å². The molecule has 0 spiro atoms. The second-order valence-electron chi connectivity index (χ2n) is 7.18. The minimum Gasteiger partial charge on any atom is -0.377 e. The van der Waals surface area contributed by atoms with E-state index in [2.05, 4.69) is 10.2 Å². The molecule has 0 aromatic heterocycles. The monoisotopic (exact) mass is 366 g/mol. The van der Waals surface area contributed by atoms with Gasteiger partial charge in [0.2, 0.25) is 0 Å². The summed E-state index contributed by atoms with van der Waals surface area (Å²) in [6.07, 6.45) is 2.05. The Morgan fingerprint density at radius 1 is 1.19 bits per heavy atom. The predicted molar refractivity (Wildman–Crippen MR) is 104 cm³/mol. The predicted octanol–water partition coefficient (Wildman–Crippen LogP) is 3.26. The van der Waals surface area contributed by atoms with Crippen molar-refractivity contribution in [2.75, 3.05) is 30.4 Å². The van der Waals surface area contributed by atoms with E-state index in [1.807, 2.05) is 31.3 Å². The van der Waals surface area contributed by atoms with Crippen molar-refractivity contribution in [3.8, 4) is 0 Å². The van der Waals surface area contributed by atoms with Gasteiger partial charge in [-0.25, -0.2) is 0 Å². The van der Waals surface area contributed by atoms with Gasteiger partial charge in [0.25, 0.3) is 11.6 Å². The summed E-state index contributed by atoms with van der Waals surface area (Å²) >= 11 is 0. The van der Waals surface area contributed by atoms with Gasteiger partial charge in [-0.1, -0.05) is 18.2 Å². The summed E-state index contributed by atoms with van der Waals surface area (Å²) < 4.78 is 0. The number of nitro groups is 1. The molecular weight excluding hydrogens is 344 g/mol. The molecule has 4 rings (SSSR count). The summed E-state index contributed by atoms with van der Waals surface area (Å²) in [5, 5.41) is 14.6. The van der Waals surface area contributed by atoms with E-state index in [9.17, 15) is 14.9 Å². The molecule has 0 radical (unpaired) electrons. The molecule has 2 aromatic carbocycles. The molecule has 2 aromatic rings. The number of benzene rings is 2. The molecule has 27 heavy (non-hydrogen) atoms. The van der Waals surface area contributed by atoms with Crippen LogP contribution in [0, 0.1) is 10.1 Å². The number of carbonyl (C=O) groups excluding carboxylic acids is 1. The van der Waals surface area contributed by atoms with E-state index in [4.69, 9.17) is 0 Å². The summed E-state index contributed by atoms with van der Waals surface area (Å²) in [7, 11) is 2.01. The zero-order valence-electron chi connectivity index (χ0n) is 15.2. The Kier molecular flexibility index (Phi) is 4.43. The van der Waals surface area contributed by atoms with Gasteiger partial charge in [0.05, 0.1) is 4.92 Å². The number of amides is 1. The average molecular weight is 366 g/mol. The quantitative estimate of drug-likeness (QED) is 0.664. The number of rotatable bonds is 4. The lowest BCUT2D eigenvalue weighted by atomic mass is 10.1. The standard InChI is InChI=1S/C20H22N4O3/c1-22-10-11-23(13-15-4-2-3-5-18(15)22)20(25)14-6-9-17(21-16-7-8-16)19(12-14)24(26)27/h2-6,9,12,16,21H,7-8,10-11,13H2,1H3. The Hall–Kier alpha value is -3.09. The van der Waals surface area contributed by atoms with Crippen molar-refractivity contribution in [2.24, 2.45) is 0 Å².